The van der Waals surface area contributed by atoms with Gasteiger partial charge in [-0.15, -0.1) is 0 Å². The van der Waals surface area contributed by atoms with Gasteiger partial charge in [-0.2, -0.15) is 0 Å². The third-order valence-corrected chi connectivity index (χ3v) is 2.06. The maximum absolute atomic E-state index is 11.4. The molecule has 1 aromatic rings. The molecular formula is C10H14N2O3. The molecule has 1 rings (SSSR count). The standard InChI is InChI=1S/C10H14N2O3/c1-7(4-9(13)14)10(15)12-6-8-2-3-11-5-8/h2-3,5,7,11H,4,6H2,1H3,(H,12,15)(H,13,14). The van der Waals surface area contributed by atoms with Crippen LogP contribution in [0.5, 0.6) is 0 Å². The van der Waals surface area contributed by atoms with Crippen molar-refractivity contribution >= 4 is 11.9 Å². The van der Waals surface area contributed by atoms with Gasteiger partial charge in [-0.25, -0.2) is 0 Å². The first-order chi connectivity index (χ1) is 7.09. The number of carbonyl (C=O) groups is 2. The van der Waals surface area contributed by atoms with Gasteiger partial charge in [-0.3, -0.25) is 9.59 Å². The highest BCUT2D eigenvalue weighted by atomic mass is 16.4. The minimum absolute atomic E-state index is 0.140. The lowest BCUT2D eigenvalue weighted by Crippen LogP contribution is -2.29. The number of carboxylic acids is 1. The second kappa shape index (κ2) is 5.19. The van der Waals surface area contributed by atoms with Gasteiger partial charge in [0.05, 0.1) is 6.42 Å². The molecule has 0 aliphatic carbocycles. The highest BCUT2D eigenvalue weighted by Crippen LogP contribution is 2.02. The van der Waals surface area contributed by atoms with Gasteiger partial charge < -0.3 is 15.4 Å². The Morgan fingerprint density at radius 1 is 1.60 bits per heavy atom. The first-order valence-corrected chi connectivity index (χ1v) is 4.70. The van der Waals surface area contributed by atoms with Gasteiger partial charge in [0.1, 0.15) is 0 Å². The Kier molecular flexibility index (Phi) is 3.91. The SMILES string of the molecule is CC(CC(=O)O)C(=O)NCc1cc[nH]c1. The van der Waals surface area contributed by atoms with Crippen LogP contribution in [0.25, 0.3) is 0 Å². The zero-order valence-corrected chi connectivity index (χ0v) is 8.49. The molecule has 0 fully saturated rings. The van der Waals surface area contributed by atoms with Gasteiger partial charge in [0.15, 0.2) is 0 Å². The summed E-state index contributed by atoms with van der Waals surface area (Å²) in [6, 6.07) is 1.85. The van der Waals surface area contributed by atoms with Crippen molar-refractivity contribution in [1.29, 1.82) is 0 Å². The predicted octanol–water partition coefficient (Wildman–Crippen LogP) is 0.742. The van der Waals surface area contributed by atoms with E-state index in [4.69, 9.17) is 5.11 Å². The fraction of sp³-hybridized carbons (Fsp3) is 0.400. The van der Waals surface area contributed by atoms with E-state index in [0.717, 1.165) is 5.56 Å². The third kappa shape index (κ3) is 3.84. The van der Waals surface area contributed by atoms with Gasteiger partial charge in [0.2, 0.25) is 5.91 Å². The molecular weight excluding hydrogens is 196 g/mol. The number of aromatic amines is 1. The van der Waals surface area contributed by atoms with Gasteiger partial charge in [-0.1, -0.05) is 6.92 Å². The second-order valence-electron chi connectivity index (χ2n) is 3.44. The van der Waals surface area contributed by atoms with Crippen LogP contribution in [0.1, 0.15) is 18.9 Å². The highest BCUT2D eigenvalue weighted by molar-refractivity contribution is 5.82. The van der Waals surface area contributed by atoms with Crippen LogP contribution in [0.4, 0.5) is 0 Å². The Morgan fingerprint density at radius 3 is 2.87 bits per heavy atom. The van der Waals surface area contributed by atoms with E-state index in [1.165, 1.54) is 0 Å². The largest absolute Gasteiger partial charge is 0.481 e. The van der Waals surface area contributed by atoms with Crippen molar-refractivity contribution in [3.63, 3.8) is 0 Å². The molecule has 0 aromatic carbocycles. The lowest BCUT2D eigenvalue weighted by molar-refractivity contribution is -0.140. The van der Waals surface area contributed by atoms with Crippen LogP contribution in [0.15, 0.2) is 18.5 Å². The highest BCUT2D eigenvalue weighted by Gasteiger charge is 2.15. The first-order valence-electron chi connectivity index (χ1n) is 4.70. The second-order valence-corrected chi connectivity index (χ2v) is 3.44. The molecule has 1 aromatic heterocycles. The van der Waals surface area contributed by atoms with E-state index in [1.54, 1.807) is 19.3 Å². The van der Waals surface area contributed by atoms with Crippen LogP contribution >= 0.6 is 0 Å². The van der Waals surface area contributed by atoms with Crippen molar-refractivity contribution in [3.05, 3.63) is 24.0 Å². The fourth-order valence-electron chi connectivity index (χ4n) is 1.19. The molecule has 5 heteroatoms. The quantitative estimate of drug-likeness (QED) is 0.670. The van der Waals surface area contributed by atoms with E-state index >= 15 is 0 Å². The summed E-state index contributed by atoms with van der Waals surface area (Å²) < 4.78 is 0. The Bertz CT molecular complexity index is 332. The topological polar surface area (TPSA) is 82.2 Å². The van der Waals surface area contributed by atoms with Gasteiger partial charge in [-0.05, 0) is 11.6 Å². The maximum atomic E-state index is 11.4. The summed E-state index contributed by atoms with van der Waals surface area (Å²) in [4.78, 5) is 24.6. The van der Waals surface area contributed by atoms with Crippen molar-refractivity contribution in [1.82, 2.24) is 10.3 Å². The Labute approximate surface area is 87.5 Å². The molecule has 82 valence electrons. The van der Waals surface area contributed by atoms with Crippen LogP contribution < -0.4 is 5.32 Å². The van der Waals surface area contributed by atoms with Gasteiger partial charge >= 0.3 is 5.97 Å². The van der Waals surface area contributed by atoms with Crippen LogP contribution in [-0.4, -0.2) is 22.0 Å². The van der Waals surface area contributed by atoms with E-state index < -0.39 is 11.9 Å². The van der Waals surface area contributed by atoms with E-state index in [9.17, 15) is 9.59 Å². The fourth-order valence-corrected chi connectivity index (χ4v) is 1.19. The van der Waals surface area contributed by atoms with Crippen molar-refractivity contribution in [2.75, 3.05) is 0 Å². The van der Waals surface area contributed by atoms with Crippen LogP contribution in [0.3, 0.4) is 0 Å². The van der Waals surface area contributed by atoms with E-state index in [0.29, 0.717) is 6.54 Å². The predicted molar refractivity (Wildman–Crippen MR) is 54.1 cm³/mol. The number of carboxylic acid groups (broad SMARTS) is 1. The van der Waals surface area contributed by atoms with E-state index in [2.05, 4.69) is 10.3 Å². The minimum atomic E-state index is -0.959. The van der Waals surface area contributed by atoms with Crippen LogP contribution in [0, 0.1) is 5.92 Å². The summed E-state index contributed by atoms with van der Waals surface area (Å²) >= 11 is 0. The van der Waals surface area contributed by atoms with Crippen molar-refractivity contribution in [2.24, 2.45) is 5.92 Å². The molecule has 0 saturated carbocycles. The molecule has 0 saturated heterocycles. The summed E-state index contributed by atoms with van der Waals surface area (Å²) in [5, 5.41) is 11.2. The summed E-state index contributed by atoms with van der Waals surface area (Å²) in [5.74, 6) is -1.70. The number of carbonyl (C=O) groups excluding carboxylic acids is 1. The van der Waals surface area contributed by atoms with Crippen LogP contribution in [-0.2, 0) is 16.1 Å². The van der Waals surface area contributed by atoms with Gasteiger partial charge in [0.25, 0.3) is 0 Å². The monoisotopic (exact) mass is 210 g/mol. The van der Waals surface area contributed by atoms with Crippen molar-refractivity contribution in [2.45, 2.75) is 19.9 Å². The number of hydrogen-bond donors (Lipinski definition) is 3. The lowest BCUT2D eigenvalue weighted by Gasteiger charge is -2.08. The molecule has 0 aliphatic heterocycles. The molecule has 15 heavy (non-hydrogen) atoms. The van der Waals surface area contributed by atoms with E-state index in [1.807, 2.05) is 6.07 Å². The Morgan fingerprint density at radius 2 is 2.33 bits per heavy atom. The summed E-state index contributed by atoms with van der Waals surface area (Å²) in [6.07, 6.45) is 3.41. The molecule has 0 spiro atoms. The summed E-state index contributed by atoms with van der Waals surface area (Å²) in [5.41, 5.74) is 0.964. The third-order valence-electron chi connectivity index (χ3n) is 2.06. The number of H-pyrrole nitrogens is 1. The Balaban J connectivity index is 2.32. The van der Waals surface area contributed by atoms with Gasteiger partial charge in [0, 0.05) is 24.9 Å². The number of rotatable bonds is 5. The number of aliphatic carboxylic acids is 1. The minimum Gasteiger partial charge on any atom is -0.481 e. The number of aromatic nitrogens is 1. The Hall–Kier alpha value is -1.78. The molecule has 0 radical (unpaired) electrons. The molecule has 0 bridgehead atoms. The molecule has 1 heterocycles. The number of amides is 1. The summed E-state index contributed by atoms with van der Waals surface area (Å²) in [7, 11) is 0. The zero-order chi connectivity index (χ0) is 11.3. The molecule has 3 N–H and O–H groups in total. The van der Waals surface area contributed by atoms with Crippen molar-refractivity contribution < 1.29 is 14.7 Å². The number of hydrogen-bond acceptors (Lipinski definition) is 2. The maximum Gasteiger partial charge on any atom is 0.304 e. The first kappa shape index (κ1) is 11.3. The molecule has 1 atom stereocenters. The normalized spacial score (nSPS) is 12.1. The lowest BCUT2D eigenvalue weighted by atomic mass is 10.1. The molecule has 1 amide bonds. The van der Waals surface area contributed by atoms with Crippen molar-refractivity contribution in [3.8, 4) is 0 Å². The molecule has 0 aliphatic rings. The average molecular weight is 210 g/mol. The van der Waals surface area contributed by atoms with E-state index in [-0.39, 0.29) is 12.3 Å². The zero-order valence-electron chi connectivity index (χ0n) is 8.49. The molecule has 1 unspecified atom stereocenters. The molecule has 5 nitrogen and oxygen atoms in total. The van der Waals surface area contributed by atoms with Crippen LogP contribution in [0.2, 0.25) is 0 Å². The average Bonchev–Trinajstić information content (AvgIpc) is 2.65. The smallest absolute Gasteiger partial charge is 0.304 e. The summed E-state index contributed by atoms with van der Waals surface area (Å²) in [6.45, 7) is 2.02. The number of nitrogens with one attached hydrogen (secondary N) is 2.